The molecule has 5 aliphatic heterocycles. The van der Waals surface area contributed by atoms with Gasteiger partial charge in [-0.25, -0.2) is 0 Å². The zero-order valence-electron chi connectivity index (χ0n) is 89.0. The molecule has 1 saturated carbocycles. The number of hydrogen-bond donors (Lipinski definition) is 0. The predicted octanol–water partition coefficient (Wildman–Crippen LogP) is 35.2. The van der Waals surface area contributed by atoms with Crippen molar-refractivity contribution >= 4 is 5.84 Å². The minimum Gasteiger partial charge on any atom is -0.355 e. The number of pyridine rings is 1. The molecule has 4 aromatic carbocycles. The van der Waals surface area contributed by atoms with Gasteiger partial charge in [-0.05, 0) is 262 Å². The molecule has 3 saturated heterocycles. The monoisotopic (exact) mass is 1650 g/mol. The minimum absolute atomic E-state index is 0.531. The Balaban J connectivity index is -0.000000406. The SMILES string of the molecule is CC.CC.CC.CC.CC.CC.CC.CC.CC(C)C1=NCC2CC(C(C)C)CN12.CC(C)C1CC12CCN(C(C)C)CC2.CC(C)C1CCCN(C(C)C)C1.CC(C)c1ccc(C(C)C)cc1.CC(C)c1ccc2c(c1)CN(C(C)C)C2.CC(C)c1cccc(C(C)C)c1.CC(C)c1ccccc1C(C)C.CC(C)c1ccnc(C(C)C)c1. The molecule has 119 heavy (non-hydrogen) atoms. The Kier molecular flexibility index (Phi) is 71.9. The van der Waals surface area contributed by atoms with E-state index in [0.717, 1.165) is 78.7 Å². The van der Waals surface area contributed by atoms with Crippen LogP contribution in [-0.2, 0) is 13.1 Å². The van der Waals surface area contributed by atoms with Gasteiger partial charge in [0.2, 0.25) is 0 Å². The van der Waals surface area contributed by atoms with Gasteiger partial charge in [0, 0.05) is 62.1 Å². The first kappa shape index (κ1) is 123. The third-order valence-corrected chi connectivity index (χ3v) is 23.6. The van der Waals surface area contributed by atoms with E-state index in [0.29, 0.717) is 65.2 Å². The van der Waals surface area contributed by atoms with Crippen molar-refractivity contribution in [1.82, 2.24) is 24.6 Å². The highest BCUT2D eigenvalue weighted by atomic mass is 15.3. The molecular formula is C113H210N6. The summed E-state index contributed by atoms with van der Waals surface area (Å²) in [7, 11) is 0. The Labute approximate surface area is 749 Å². The van der Waals surface area contributed by atoms with Gasteiger partial charge in [-0.2, -0.15) is 0 Å². The van der Waals surface area contributed by atoms with Crippen molar-refractivity contribution in [2.75, 3.05) is 39.3 Å². The van der Waals surface area contributed by atoms with Crippen LogP contribution in [-0.4, -0.2) is 93.9 Å². The van der Waals surface area contributed by atoms with E-state index in [2.05, 4.69) is 354 Å². The fourth-order valence-electron chi connectivity index (χ4n) is 15.5. The van der Waals surface area contributed by atoms with Gasteiger partial charge in [-0.3, -0.25) is 14.9 Å². The number of aromatic nitrogens is 1. The van der Waals surface area contributed by atoms with Crippen LogP contribution in [0.25, 0.3) is 0 Å². The lowest BCUT2D eigenvalue weighted by Gasteiger charge is -2.37. The number of amidine groups is 1. The topological polar surface area (TPSA) is 38.2 Å². The second kappa shape index (κ2) is 69.7. The Morgan fingerprint density at radius 1 is 0.336 bits per heavy atom. The lowest BCUT2D eigenvalue weighted by Crippen LogP contribution is -2.41. The lowest BCUT2D eigenvalue weighted by molar-refractivity contribution is 0.117. The standard InChI is InChI=1S/C14H21N.C13H25N.C12H22N2.3C12H18.C11H17N.C11H23N.8C2H6/c1-10(2)12-5-6-13-8-15(11(3)4)9-14(13)7-12;1-10(2)12-9-13(12)5-7-14(8-6-13)11(3)4;1-8(2)10-5-11-6-13-12(9(3)4)14(11)7-10;1-9(2)11-5-7-12(8-6-11)10(3)4;1-9(2)11-6-5-7-12(8-11)10(3)4;1-9(2)11-7-5-6-8-12(11)10(3)4;1-8(2)10-5-6-12-11(7-10)9(3)4;1-9(2)11-6-5-7-12(8-11)10(3)4;8*1-2/h5-7,10-11H,8-9H2,1-4H3;10-12H,5-9H2,1-4H3;8-11H,5-7H2,1-4H3;3*5-10H,1-4H3;5-9H,1-4H3;9-11H,5-8H2,1-4H3;8*1-2H3. The maximum Gasteiger partial charge on any atom is 0.102 e. The molecule has 5 aromatic rings. The van der Waals surface area contributed by atoms with E-state index >= 15 is 0 Å². The molecular weight excluding hydrogens is 1440 g/mol. The molecule has 4 atom stereocenters. The summed E-state index contributed by atoms with van der Waals surface area (Å²) >= 11 is 0. The van der Waals surface area contributed by atoms with E-state index in [4.69, 9.17) is 0 Å². The van der Waals surface area contributed by atoms with Crippen LogP contribution >= 0.6 is 0 Å². The second-order valence-electron chi connectivity index (χ2n) is 37.1. The van der Waals surface area contributed by atoms with Gasteiger partial charge >= 0.3 is 0 Å². The number of likely N-dealkylation sites (tertiary alicyclic amines) is 2. The van der Waals surface area contributed by atoms with Crippen molar-refractivity contribution in [2.45, 2.75) is 461 Å². The largest absolute Gasteiger partial charge is 0.355 e. The first-order chi connectivity index (χ1) is 56.3. The van der Waals surface area contributed by atoms with E-state index in [-0.39, 0.29) is 0 Å². The molecule has 1 spiro atoms. The molecule has 0 radical (unpaired) electrons. The number of nitrogens with zero attached hydrogens (tertiary/aromatic N) is 6. The Bertz CT molecular complexity index is 2990. The van der Waals surface area contributed by atoms with Gasteiger partial charge in [-0.15, -0.1) is 0 Å². The van der Waals surface area contributed by atoms with Gasteiger partial charge in [0.1, 0.15) is 5.84 Å². The van der Waals surface area contributed by atoms with E-state index < -0.39 is 0 Å². The van der Waals surface area contributed by atoms with Gasteiger partial charge in [0.25, 0.3) is 0 Å². The van der Waals surface area contributed by atoms with Crippen LogP contribution in [0.5, 0.6) is 0 Å². The molecule has 692 valence electrons. The van der Waals surface area contributed by atoms with Crippen molar-refractivity contribution < 1.29 is 0 Å². The zero-order valence-corrected chi connectivity index (χ0v) is 89.0. The molecule has 0 amide bonds. The van der Waals surface area contributed by atoms with Gasteiger partial charge in [0.15, 0.2) is 0 Å². The first-order valence-electron chi connectivity index (χ1n) is 50.2. The fourth-order valence-corrected chi connectivity index (χ4v) is 15.5. The molecule has 1 aromatic heterocycles. The summed E-state index contributed by atoms with van der Waals surface area (Å²) in [5.41, 5.74) is 16.6. The Morgan fingerprint density at radius 3 is 1.09 bits per heavy atom. The van der Waals surface area contributed by atoms with Crippen molar-refractivity contribution in [1.29, 1.82) is 0 Å². The smallest absolute Gasteiger partial charge is 0.102 e. The summed E-state index contributed by atoms with van der Waals surface area (Å²) in [6.07, 6.45) is 10.6. The fraction of sp³-hybridized carbons (Fsp3) is 0.735. The summed E-state index contributed by atoms with van der Waals surface area (Å²) in [5, 5.41) is 0. The second-order valence-corrected chi connectivity index (χ2v) is 37.1. The number of piperidine rings is 2. The number of benzene rings is 4. The number of hydrogen-bond acceptors (Lipinski definition) is 6. The van der Waals surface area contributed by atoms with Crippen LogP contribution in [0.4, 0.5) is 0 Å². The number of rotatable bonds is 16. The van der Waals surface area contributed by atoms with Crippen LogP contribution in [0, 0.1) is 46.8 Å². The molecule has 4 unspecified atom stereocenters. The molecule has 6 heterocycles. The lowest BCUT2D eigenvalue weighted by atomic mass is 9.87. The van der Waals surface area contributed by atoms with Crippen LogP contribution < -0.4 is 0 Å². The predicted molar refractivity (Wildman–Crippen MR) is 548 cm³/mol. The Morgan fingerprint density at radius 2 is 0.731 bits per heavy atom. The summed E-state index contributed by atoms with van der Waals surface area (Å²) in [5.74, 6) is 13.1. The van der Waals surface area contributed by atoms with Crippen LogP contribution in [0.1, 0.15) is 485 Å². The Hall–Kier alpha value is -4.62. The van der Waals surface area contributed by atoms with Crippen LogP contribution in [0.2, 0.25) is 0 Å². The summed E-state index contributed by atoms with van der Waals surface area (Å²) in [6, 6.07) is 40.7. The minimum atomic E-state index is 0.531. The third-order valence-electron chi connectivity index (χ3n) is 23.6. The van der Waals surface area contributed by atoms with Gasteiger partial charge in [0.05, 0.1) is 12.6 Å². The molecule has 6 nitrogen and oxygen atoms in total. The number of fused-ring (bicyclic) bond motifs is 2. The van der Waals surface area contributed by atoms with E-state index in [1.54, 1.807) is 0 Å². The molecule has 0 bridgehead atoms. The molecule has 11 rings (SSSR count). The molecule has 6 heteroatoms. The normalized spacial score (nSPS) is 17.1. The summed E-state index contributed by atoms with van der Waals surface area (Å²) in [6.45, 7) is 115. The van der Waals surface area contributed by atoms with E-state index in [9.17, 15) is 0 Å². The molecule has 6 aliphatic rings. The van der Waals surface area contributed by atoms with Crippen LogP contribution in [0.15, 0.2) is 114 Å². The quantitative estimate of drug-likeness (QED) is 0.0984. The highest BCUT2D eigenvalue weighted by Gasteiger charge is 2.55. The highest BCUT2D eigenvalue weighted by Crippen LogP contribution is 2.62. The van der Waals surface area contributed by atoms with Gasteiger partial charge in [-0.1, -0.05) is 382 Å². The maximum atomic E-state index is 4.66. The van der Waals surface area contributed by atoms with E-state index in [1.807, 2.05) is 117 Å². The van der Waals surface area contributed by atoms with Crippen molar-refractivity contribution in [3.05, 3.63) is 171 Å². The first-order valence-corrected chi connectivity index (χ1v) is 50.2. The molecule has 1 aliphatic carbocycles. The maximum absolute atomic E-state index is 4.66. The summed E-state index contributed by atoms with van der Waals surface area (Å²) < 4.78 is 0. The summed E-state index contributed by atoms with van der Waals surface area (Å²) in [4.78, 5) is 19.3. The van der Waals surface area contributed by atoms with Crippen molar-refractivity contribution in [2.24, 2.45) is 51.8 Å². The molecule has 0 N–H and O–H groups in total. The average Bonchev–Trinajstić information content (AvgIpc) is 1.59. The number of aliphatic imine (C=N–C) groups is 1. The van der Waals surface area contributed by atoms with Crippen LogP contribution in [0.3, 0.4) is 0 Å². The third kappa shape index (κ3) is 46.8. The zero-order chi connectivity index (χ0) is 93.3. The van der Waals surface area contributed by atoms with Crippen molar-refractivity contribution in [3.8, 4) is 0 Å². The average molecular weight is 1650 g/mol. The van der Waals surface area contributed by atoms with Gasteiger partial charge < -0.3 is 14.7 Å². The molecule has 4 fully saturated rings. The van der Waals surface area contributed by atoms with Crippen molar-refractivity contribution in [3.63, 3.8) is 0 Å². The van der Waals surface area contributed by atoms with E-state index in [1.165, 1.54) is 138 Å². The highest BCUT2D eigenvalue weighted by molar-refractivity contribution is 5.86.